The minimum Gasteiger partial charge on any atom is -0.469 e. The molecule has 140 valence electrons. The van der Waals surface area contributed by atoms with Gasteiger partial charge in [-0.2, -0.15) is 0 Å². The monoisotopic (exact) mass is 382 g/mol. The average Bonchev–Trinajstić information content (AvgIpc) is 2.71. The smallest absolute Gasteiger partial charge is 0.307 e. The van der Waals surface area contributed by atoms with Crippen LogP contribution < -0.4 is 5.56 Å². The van der Waals surface area contributed by atoms with Crippen LogP contribution in [0, 0.1) is 0 Å². The highest BCUT2D eigenvalue weighted by molar-refractivity contribution is 7.99. The lowest BCUT2D eigenvalue weighted by Crippen LogP contribution is -2.25. The van der Waals surface area contributed by atoms with Gasteiger partial charge in [0.15, 0.2) is 5.16 Å². The van der Waals surface area contributed by atoms with Gasteiger partial charge >= 0.3 is 5.97 Å². The van der Waals surface area contributed by atoms with E-state index >= 15 is 0 Å². The summed E-state index contributed by atoms with van der Waals surface area (Å²) in [6.45, 7) is 0.268. The maximum absolute atomic E-state index is 12.9. The lowest BCUT2D eigenvalue weighted by molar-refractivity contribution is -0.140. The number of hydrogen-bond acceptors (Lipinski definition) is 5. The first-order chi connectivity index (χ1) is 13.2. The number of aryl methyl sites for hydroxylation is 1. The van der Waals surface area contributed by atoms with Crippen molar-refractivity contribution in [3.63, 3.8) is 0 Å². The number of nitrogens with zero attached hydrogens (tertiary/aromatic N) is 2. The van der Waals surface area contributed by atoms with E-state index in [2.05, 4.69) is 17.1 Å². The van der Waals surface area contributed by atoms with Gasteiger partial charge in [-0.1, -0.05) is 54.2 Å². The van der Waals surface area contributed by atoms with Crippen LogP contribution in [-0.2, 0) is 22.5 Å². The summed E-state index contributed by atoms with van der Waals surface area (Å²) in [7, 11) is 1.35. The Hall–Kier alpha value is -2.60. The van der Waals surface area contributed by atoms with Gasteiger partial charge in [0.05, 0.1) is 24.4 Å². The van der Waals surface area contributed by atoms with Crippen LogP contribution in [-0.4, -0.2) is 28.4 Å². The first-order valence-corrected chi connectivity index (χ1v) is 9.90. The molecule has 0 saturated carbocycles. The fourth-order valence-electron chi connectivity index (χ4n) is 2.84. The van der Waals surface area contributed by atoms with Crippen molar-refractivity contribution >= 4 is 28.6 Å². The average molecular weight is 382 g/mol. The fraction of sp³-hybridized carbons (Fsp3) is 0.286. The van der Waals surface area contributed by atoms with Crippen molar-refractivity contribution in [2.45, 2.75) is 31.0 Å². The van der Waals surface area contributed by atoms with Crippen LogP contribution in [0.15, 0.2) is 64.5 Å². The van der Waals surface area contributed by atoms with Gasteiger partial charge in [-0.3, -0.25) is 14.2 Å². The van der Waals surface area contributed by atoms with Crippen molar-refractivity contribution < 1.29 is 9.53 Å². The van der Waals surface area contributed by atoms with E-state index in [4.69, 9.17) is 4.74 Å². The Morgan fingerprint density at radius 3 is 2.63 bits per heavy atom. The summed E-state index contributed by atoms with van der Waals surface area (Å²) >= 11 is 1.55. The van der Waals surface area contributed by atoms with Crippen molar-refractivity contribution in [2.24, 2.45) is 0 Å². The summed E-state index contributed by atoms with van der Waals surface area (Å²) in [5, 5.41) is 1.21. The Balaban J connectivity index is 1.77. The molecule has 5 nitrogen and oxygen atoms in total. The van der Waals surface area contributed by atoms with Crippen LogP contribution in [0.1, 0.15) is 18.4 Å². The molecule has 2 aromatic carbocycles. The summed E-state index contributed by atoms with van der Waals surface area (Å²) < 4.78 is 6.29. The van der Waals surface area contributed by atoms with Crippen LogP contribution in [0.25, 0.3) is 10.9 Å². The van der Waals surface area contributed by atoms with E-state index in [9.17, 15) is 9.59 Å². The van der Waals surface area contributed by atoms with E-state index in [1.807, 2.05) is 36.4 Å². The van der Waals surface area contributed by atoms with Gasteiger partial charge < -0.3 is 4.74 Å². The van der Waals surface area contributed by atoms with Crippen LogP contribution in [0.2, 0.25) is 0 Å². The first kappa shape index (κ1) is 19.2. The predicted molar refractivity (Wildman–Crippen MR) is 108 cm³/mol. The largest absolute Gasteiger partial charge is 0.469 e. The zero-order chi connectivity index (χ0) is 19.1. The number of benzene rings is 2. The molecule has 0 aliphatic heterocycles. The quantitative estimate of drug-likeness (QED) is 0.257. The van der Waals surface area contributed by atoms with Gasteiger partial charge in [-0.15, -0.1) is 0 Å². The molecule has 0 saturated heterocycles. The Labute approximate surface area is 162 Å². The Morgan fingerprint density at radius 2 is 1.85 bits per heavy atom. The number of aromatic nitrogens is 2. The molecule has 0 unspecified atom stereocenters. The van der Waals surface area contributed by atoms with E-state index in [0.29, 0.717) is 16.1 Å². The summed E-state index contributed by atoms with van der Waals surface area (Å²) in [4.78, 5) is 29.0. The number of carbonyl (C=O) groups excluding carboxylic acids is 1. The highest BCUT2D eigenvalue weighted by Crippen LogP contribution is 2.20. The number of fused-ring (bicyclic) bond motifs is 1. The van der Waals surface area contributed by atoms with Gasteiger partial charge in [0.2, 0.25) is 0 Å². The van der Waals surface area contributed by atoms with Crippen molar-refractivity contribution in [2.75, 3.05) is 12.9 Å². The van der Waals surface area contributed by atoms with E-state index in [0.717, 1.165) is 18.6 Å². The van der Waals surface area contributed by atoms with Gasteiger partial charge in [-0.05, 0) is 30.5 Å². The Bertz CT molecular complexity index is 970. The molecule has 1 aromatic heterocycles. The van der Waals surface area contributed by atoms with E-state index in [-0.39, 0.29) is 24.5 Å². The molecule has 0 atom stereocenters. The van der Waals surface area contributed by atoms with Crippen molar-refractivity contribution in [1.29, 1.82) is 0 Å². The number of carbonyl (C=O) groups is 1. The van der Waals surface area contributed by atoms with Gasteiger partial charge in [0, 0.05) is 12.3 Å². The maximum atomic E-state index is 12.9. The van der Waals surface area contributed by atoms with Gasteiger partial charge in [0.25, 0.3) is 5.56 Å². The number of thioether (sulfide) groups is 1. The normalized spacial score (nSPS) is 10.9. The molecule has 0 bridgehead atoms. The second-order valence-corrected chi connectivity index (χ2v) is 7.19. The van der Waals surface area contributed by atoms with Gasteiger partial charge in [-0.25, -0.2) is 4.98 Å². The molecular formula is C21H22N2O3S. The molecule has 6 heteroatoms. The lowest BCUT2D eigenvalue weighted by atomic mass is 10.1. The highest BCUT2D eigenvalue weighted by atomic mass is 32.2. The number of ether oxygens (including phenoxy) is 1. The fourth-order valence-corrected chi connectivity index (χ4v) is 3.81. The highest BCUT2D eigenvalue weighted by Gasteiger charge is 2.13. The SMILES string of the molecule is COC(=O)CCn1c(SCCCc2ccccc2)nc2ccccc2c1=O. The lowest BCUT2D eigenvalue weighted by Gasteiger charge is -2.12. The molecular weight excluding hydrogens is 360 g/mol. The number of esters is 1. The second kappa shape index (κ2) is 9.37. The van der Waals surface area contributed by atoms with Crippen molar-refractivity contribution in [3.05, 3.63) is 70.5 Å². The topological polar surface area (TPSA) is 61.2 Å². The standard InChI is InChI=1S/C21H22N2O3S/c1-26-19(24)13-14-23-20(25)17-11-5-6-12-18(17)22-21(23)27-15-7-10-16-8-3-2-4-9-16/h2-6,8-9,11-12H,7,10,13-15H2,1H3. The predicted octanol–water partition coefficient (Wildman–Crippen LogP) is 3.68. The third-order valence-corrected chi connectivity index (χ3v) is 5.34. The molecule has 1 heterocycles. The molecule has 0 spiro atoms. The molecule has 0 radical (unpaired) electrons. The van der Waals surface area contributed by atoms with E-state index in [1.165, 1.54) is 12.7 Å². The second-order valence-electron chi connectivity index (χ2n) is 6.13. The molecule has 3 aromatic rings. The summed E-state index contributed by atoms with van der Waals surface area (Å²) in [5.41, 5.74) is 1.87. The first-order valence-electron chi connectivity index (χ1n) is 8.92. The number of rotatable bonds is 8. The van der Waals surface area contributed by atoms with Gasteiger partial charge in [0.1, 0.15) is 0 Å². The molecule has 3 rings (SSSR count). The summed E-state index contributed by atoms with van der Waals surface area (Å²) in [6, 6.07) is 17.6. The summed E-state index contributed by atoms with van der Waals surface area (Å²) in [6.07, 6.45) is 2.11. The van der Waals surface area contributed by atoms with Crippen molar-refractivity contribution in [1.82, 2.24) is 9.55 Å². The third-order valence-electron chi connectivity index (χ3n) is 4.28. The minimum absolute atomic E-state index is 0.116. The maximum Gasteiger partial charge on any atom is 0.307 e. The molecule has 0 fully saturated rings. The van der Waals surface area contributed by atoms with E-state index < -0.39 is 0 Å². The third kappa shape index (κ3) is 4.98. The Kier molecular flexibility index (Phi) is 6.65. The van der Waals surface area contributed by atoms with Crippen molar-refractivity contribution in [3.8, 4) is 0 Å². The van der Waals surface area contributed by atoms with E-state index in [1.54, 1.807) is 22.4 Å². The van der Waals surface area contributed by atoms with Crippen LogP contribution in [0.4, 0.5) is 0 Å². The molecule has 27 heavy (non-hydrogen) atoms. The summed E-state index contributed by atoms with van der Waals surface area (Å²) in [5.74, 6) is 0.507. The van der Waals surface area contributed by atoms with Crippen LogP contribution >= 0.6 is 11.8 Å². The zero-order valence-electron chi connectivity index (χ0n) is 15.3. The number of hydrogen-bond donors (Lipinski definition) is 0. The Morgan fingerprint density at radius 1 is 1.11 bits per heavy atom. The molecule has 0 aliphatic rings. The molecule has 0 N–H and O–H groups in total. The van der Waals surface area contributed by atoms with Crippen LogP contribution in [0.3, 0.4) is 0 Å². The molecule has 0 amide bonds. The molecule has 0 aliphatic carbocycles. The zero-order valence-corrected chi connectivity index (χ0v) is 16.1. The minimum atomic E-state index is -0.338. The number of para-hydroxylation sites is 1. The van der Waals surface area contributed by atoms with Crippen LogP contribution in [0.5, 0.6) is 0 Å². The number of methoxy groups -OCH3 is 1.